The van der Waals surface area contributed by atoms with E-state index < -0.39 is 16.8 Å². The molecule has 6 nitrogen and oxygen atoms in total. The van der Waals surface area contributed by atoms with Gasteiger partial charge in [-0.2, -0.15) is 0 Å². The van der Waals surface area contributed by atoms with E-state index in [-0.39, 0.29) is 23.3 Å². The van der Waals surface area contributed by atoms with Crippen LogP contribution in [0.5, 0.6) is 0 Å². The number of aliphatic imine (C=N–C) groups is 1. The molecule has 0 aromatic heterocycles. The summed E-state index contributed by atoms with van der Waals surface area (Å²) in [4.78, 5) is 30.7. The number of carbonyl (C=O) groups excluding carboxylic acids is 2. The van der Waals surface area contributed by atoms with Crippen LogP contribution in [0, 0.1) is 17.2 Å². The second kappa shape index (κ2) is 6.62. The maximum absolute atomic E-state index is 14.8. The monoisotopic (exact) mass is 374 g/mol. The number of hydrogen-bond donors (Lipinski definition) is 2. The minimum atomic E-state index is -1.19. The second-order valence-electron chi connectivity index (χ2n) is 8.28. The molecule has 1 unspecified atom stereocenters. The Morgan fingerprint density at radius 3 is 2.63 bits per heavy atom. The number of nitrogens with zero attached hydrogens (tertiary/aromatic N) is 2. The minimum Gasteiger partial charge on any atom is -0.369 e. The van der Waals surface area contributed by atoms with Gasteiger partial charge in [0.25, 0.3) is 0 Å². The van der Waals surface area contributed by atoms with E-state index in [0.717, 1.165) is 12.8 Å². The fourth-order valence-electron chi connectivity index (χ4n) is 3.72. The standard InChI is InChI=1S/C20H27FN4O2/c1-19(2)17(27)25(4)18(22)24-20(19,3)14-11-13(8-9-15(14)21)23-16(26)10-12-6-5-7-12/h8-9,11-12H,5-7,10H2,1-4H3,(H2,22,24)(H,23,26). The third-order valence-corrected chi connectivity index (χ3v) is 6.21. The number of rotatable bonds is 4. The molecule has 1 fully saturated rings. The van der Waals surface area contributed by atoms with Gasteiger partial charge in [-0.05, 0) is 57.7 Å². The zero-order valence-corrected chi connectivity index (χ0v) is 16.3. The first-order valence-corrected chi connectivity index (χ1v) is 9.29. The van der Waals surface area contributed by atoms with E-state index in [1.807, 2.05) is 0 Å². The van der Waals surface area contributed by atoms with Crippen molar-refractivity contribution in [2.24, 2.45) is 22.1 Å². The van der Waals surface area contributed by atoms with Gasteiger partial charge in [0.2, 0.25) is 11.8 Å². The van der Waals surface area contributed by atoms with Crippen LogP contribution in [-0.4, -0.2) is 29.7 Å². The largest absolute Gasteiger partial charge is 0.369 e. The van der Waals surface area contributed by atoms with Crippen molar-refractivity contribution in [3.8, 4) is 0 Å². The van der Waals surface area contributed by atoms with Crippen molar-refractivity contribution < 1.29 is 14.0 Å². The molecule has 3 N–H and O–H groups in total. The predicted octanol–water partition coefficient (Wildman–Crippen LogP) is 2.98. The number of nitrogens with two attached hydrogens (primary N) is 1. The number of guanidine groups is 1. The molecule has 0 saturated heterocycles. The highest BCUT2D eigenvalue weighted by atomic mass is 19.1. The highest BCUT2D eigenvalue weighted by Crippen LogP contribution is 2.47. The second-order valence-corrected chi connectivity index (χ2v) is 8.28. The van der Waals surface area contributed by atoms with Crippen LogP contribution in [0.15, 0.2) is 23.2 Å². The first kappa shape index (κ1) is 19.3. The Morgan fingerprint density at radius 2 is 2.04 bits per heavy atom. The van der Waals surface area contributed by atoms with Gasteiger partial charge in [0.1, 0.15) is 11.4 Å². The highest BCUT2D eigenvalue weighted by molar-refractivity contribution is 6.01. The molecule has 1 aliphatic heterocycles. The molecule has 1 aromatic rings. The van der Waals surface area contributed by atoms with E-state index in [1.54, 1.807) is 33.9 Å². The van der Waals surface area contributed by atoms with Crippen LogP contribution in [0.4, 0.5) is 10.1 Å². The summed E-state index contributed by atoms with van der Waals surface area (Å²) in [7, 11) is 1.55. The normalized spacial score (nSPS) is 25.0. The molecule has 1 aliphatic carbocycles. The summed E-state index contributed by atoms with van der Waals surface area (Å²) >= 11 is 0. The Balaban J connectivity index is 1.95. The molecule has 146 valence electrons. The first-order valence-electron chi connectivity index (χ1n) is 9.29. The zero-order valence-electron chi connectivity index (χ0n) is 16.3. The van der Waals surface area contributed by atoms with E-state index in [1.165, 1.54) is 23.5 Å². The summed E-state index contributed by atoms with van der Waals surface area (Å²) < 4.78 is 14.8. The van der Waals surface area contributed by atoms with Crippen LogP contribution >= 0.6 is 0 Å². The smallest absolute Gasteiger partial charge is 0.237 e. The Bertz CT molecular complexity index is 816. The minimum absolute atomic E-state index is 0.0423. The highest BCUT2D eigenvalue weighted by Gasteiger charge is 2.53. The number of amides is 2. The van der Waals surface area contributed by atoms with Gasteiger partial charge in [0, 0.05) is 24.7 Å². The molecule has 7 heteroatoms. The van der Waals surface area contributed by atoms with Crippen molar-refractivity contribution in [2.75, 3.05) is 12.4 Å². The van der Waals surface area contributed by atoms with E-state index in [9.17, 15) is 14.0 Å². The van der Waals surface area contributed by atoms with Crippen LogP contribution in [0.3, 0.4) is 0 Å². The number of anilines is 1. The molecule has 2 aliphatic rings. The number of nitrogens with one attached hydrogen (secondary N) is 1. The van der Waals surface area contributed by atoms with Gasteiger partial charge in [0.05, 0.1) is 5.41 Å². The summed E-state index contributed by atoms with van der Waals surface area (Å²) in [5.41, 5.74) is 4.43. The molecule has 1 saturated carbocycles. The fourth-order valence-corrected chi connectivity index (χ4v) is 3.72. The van der Waals surface area contributed by atoms with Crippen LogP contribution in [0.25, 0.3) is 0 Å². The van der Waals surface area contributed by atoms with E-state index in [2.05, 4.69) is 10.3 Å². The van der Waals surface area contributed by atoms with Crippen molar-refractivity contribution in [1.29, 1.82) is 0 Å². The Hall–Kier alpha value is -2.44. The first-order chi connectivity index (χ1) is 12.6. The average Bonchev–Trinajstić information content (AvgIpc) is 2.57. The maximum Gasteiger partial charge on any atom is 0.237 e. The Morgan fingerprint density at radius 1 is 1.37 bits per heavy atom. The van der Waals surface area contributed by atoms with Crippen LogP contribution in [0.1, 0.15) is 52.0 Å². The van der Waals surface area contributed by atoms with Gasteiger partial charge in [-0.25, -0.2) is 9.38 Å². The molecule has 2 amide bonds. The van der Waals surface area contributed by atoms with Crippen molar-refractivity contribution in [3.63, 3.8) is 0 Å². The van der Waals surface area contributed by atoms with Crippen molar-refractivity contribution >= 4 is 23.5 Å². The van der Waals surface area contributed by atoms with Crippen LogP contribution in [0.2, 0.25) is 0 Å². The predicted molar refractivity (Wildman–Crippen MR) is 103 cm³/mol. The Labute approximate surface area is 159 Å². The maximum atomic E-state index is 14.8. The van der Waals surface area contributed by atoms with Gasteiger partial charge in [-0.3, -0.25) is 14.5 Å². The molecular weight excluding hydrogens is 347 g/mol. The third kappa shape index (κ3) is 3.19. The molecule has 1 heterocycles. The van der Waals surface area contributed by atoms with Crippen LogP contribution in [-0.2, 0) is 15.1 Å². The fraction of sp³-hybridized carbons (Fsp3) is 0.550. The van der Waals surface area contributed by atoms with Gasteiger partial charge in [0.15, 0.2) is 5.96 Å². The summed E-state index contributed by atoms with van der Waals surface area (Å²) in [5, 5.41) is 2.84. The number of carbonyl (C=O) groups is 2. The lowest BCUT2D eigenvalue weighted by atomic mass is 9.67. The topological polar surface area (TPSA) is 87.8 Å². The molecular formula is C20H27FN4O2. The molecule has 0 bridgehead atoms. The van der Waals surface area contributed by atoms with E-state index in [0.29, 0.717) is 18.0 Å². The Kier molecular flexibility index (Phi) is 4.74. The molecule has 27 heavy (non-hydrogen) atoms. The number of benzene rings is 1. The van der Waals surface area contributed by atoms with Gasteiger partial charge < -0.3 is 11.1 Å². The van der Waals surface area contributed by atoms with Crippen LogP contribution < -0.4 is 11.1 Å². The number of hydrogen-bond acceptors (Lipinski definition) is 4. The molecule has 3 rings (SSSR count). The van der Waals surface area contributed by atoms with E-state index >= 15 is 0 Å². The SMILES string of the molecule is CN1C(=O)C(C)(C)C(C)(c2cc(NC(=O)CC3CCC3)ccc2F)N=C1N. The quantitative estimate of drug-likeness (QED) is 0.849. The van der Waals surface area contributed by atoms with Gasteiger partial charge in [-0.15, -0.1) is 0 Å². The van der Waals surface area contributed by atoms with Crippen molar-refractivity contribution in [1.82, 2.24) is 4.90 Å². The summed E-state index contributed by atoms with van der Waals surface area (Å²) in [6, 6.07) is 4.38. The third-order valence-electron chi connectivity index (χ3n) is 6.21. The molecule has 1 aromatic carbocycles. The number of halogens is 1. The lowest BCUT2D eigenvalue weighted by Gasteiger charge is -2.46. The molecule has 1 atom stereocenters. The van der Waals surface area contributed by atoms with Crippen molar-refractivity contribution in [2.45, 2.75) is 52.0 Å². The summed E-state index contributed by atoms with van der Waals surface area (Å²) in [6.07, 6.45) is 3.81. The van der Waals surface area contributed by atoms with Gasteiger partial charge in [-0.1, -0.05) is 6.42 Å². The van der Waals surface area contributed by atoms with Gasteiger partial charge >= 0.3 is 0 Å². The summed E-state index contributed by atoms with van der Waals surface area (Å²) in [6.45, 7) is 5.15. The van der Waals surface area contributed by atoms with Crippen molar-refractivity contribution in [3.05, 3.63) is 29.6 Å². The lowest BCUT2D eigenvalue weighted by molar-refractivity contribution is -0.140. The summed E-state index contributed by atoms with van der Waals surface area (Å²) in [5.74, 6) is -0.324. The molecule has 0 radical (unpaired) electrons. The average molecular weight is 374 g/mol. The lowest BCUT2D eigenvalue weighted by Crippen LogP contribution is -2.58. The van der Waals surface area contributed by atoms with E-state index in [4.69, 9.17) is 5.73 Å². The molecule has 0 spiro atoms. The zero-order chi connectivity index (χ0) is 20.0.